The summed E-state index contributed by atoms with van der Waals surface area (Å²) in [6.07, 6.45) is 1.26. The Bertz CT molecular complexity index is 502. The van der Waals surface area contributed by atoms with E-state index < -0.39 is 11.6 Å². The normalized spacial score (nSPS) is 11.0. The van der Waals surface area contributed by atoms with Crippen molar-refractivity contribution >= 4 is 23.5 Å². The van der Waals surface area contributed by atoms with Crippen molar-refractivity contribution in [1.29, 1.82) is 0 Å². The molecule has 0 saturated heterocycles. The third-order valence-corrected chi connectivity index (χ3v) is 3.05. The molecule has 2 N–H and O–H groups in total. The van der Waals surface area contributed by atoms with Gasteiger partial charge in [0.15, 0.2) is 5.60 Å². The number of carbonyl (C=O) groups is 2. The second-order valence-corrected chi connectivity index (χ2v) is 5.61. The van der Waals surface area contributed by atoms with E-state index in [0.29, 0.717) is 30.2 Å². The third kappa shape index (κ3) is 6.49. The summed E-state index contributed by atoms with van der Waals surface area (Å²) in [5, 5.41) is 11.8. The number of ether oxygens (including phenoxy) is 1. The molecule has 0 radical (unpaired) electrons. The highest BCUT2D eigenvalue weighted by atomic mass is 35.5. The van der Waals surface area contributed by atoms with Gasteiger partial charge in [-0.25, -0.2) is 0 Å². The molecule has 5 nitrogen and oxygen atoms in total. The van der Waals surface area contributed by atoms with Gasteiger partial charge >= 0.3 is 5.97 Å². The predicted molar refractivity (Wildman–Crippen MR) is 80.7 cm³/mol. The third-order valence-electron chi connectivity index (χ3n) is 2.82. The average Bonchev–Trinajstić information content (AvgIpc) is 2.37. The molecule has 0 heterocycles. The van der Waals surface area contributed by atoms with E-state index in [-0.39, 0.29) is 12.3 Å². The van der Waals surface area contributed by atoms with E-state index in [9.17, 15) is 9.59 Å². The van der Waals surface area contributed by atoms with E-state index in [1.54, 1.807) is 38.1 Å². The molecule has 21 heavy (non-hydrogen) atoms. The minimum absolute atomic E-state index is 0.109. The molecule has 0 spiro atoms. The summed E-state index contributed by atoms with van der Waals surface area (Å²) in [5.74, 6) is -0.558. The second kappa shape index (κ2) is 7.88. The van der Waals surface area contributed by atoms with Crippen LogP contribution in [0.2, 0.25) is 5.02 Å². The molecule has 0 fully saturated rings. The number of aliphatic carboxylic acids is 1. The molecule has 0 aliphatic heterocycles. The number of amides is 1. The van der Waals surface area contributed by atoms with Gasteiger partial charge in [-0.15, -0.1) is 0 Å². The summed E-state index contributed by atoms with van der Waals surface area (Å²) in [6, 6.07) is 6.85. The molecule has 6 heteroatoms. The number of rotatable bonds is 8. The minimum Gasteiger partial charge on any atom is -0.481 e. The molecule has 1 rings (SSSR count). The van der Waals surface area contributed by atoms with E-state index in [1.807, 2.05) is 0 Å². The fourth-order valence-corrected chi connectivity index (χ4v) is 1.87. The van der Waals surface area contributed by atoms with Crippen molar-refractivity contribution in [1.82, 2.24) is 5.32 Å². The summed E-state index contributed by atoms with van der Waals surface area (Å²) >= 11 is 5.87. The molecule has 0 unspecified atom stereocenters. The number of hydrogen-bond acceptors (Lipinski definition) is 3. The molecule has 1 amide bonds. The zero-order valence-electron chi connectivity index (χ0n) is 12.2. The lowest BCUT2D eigenvalue weighted by atomic mass is 10.1. The monoisotopic (exact) mass is 313 g/mol. The number of halogens is 1. The molecule has 0 saturated carbocycles. The number of carbonyl (C=O) groups excluding carboxylic acids is 1. The first-order chi connectivity index (χ1) is 9.81. The lowest BCUT2D eigenvalue weighted by Gasteiger charge is -2.25. The van der Waals surface area contributed by atoms with E-state index in [1.165, 1.54) is 0 Å². The predicted octanol–water partition coefficient (Wildman–Crippen LogP) is 2.87. The van der Waals surface area contributed by atoms with Crippen molar-refractivity contribution in [2.24, 2.45) is 0 Å². The average molecular weight is 314 g/mol. The van der Waals surface area contributed by atoms with Crippen LogP contribution < -0.4 is 10.1 Å². The van der Waals surface area contributed by atoms with Crippen LogP contribution in [0.4, 0.5) is 0 Å². The van der Waals surface area contributed by atoms with Crippen LogP contribution >= 0.6 is 11.6 Å². The Morgan fingerprint density at radius 1 is 1.33 bits per heavy atom. The molecule has 1 aromatic carbocycles. The second-order valence-electron chi connectivity index (χ2n) is 5.18. The van der Waals surface area contributed by atoms with Gasteiger partial charge in [0.1, 0.15) is 5.75 Å². The van der Waals surface area contributed by atoms with Gasteiger partial charge in [0, 0.05) is 18.0 Å². The summed E-state index contributed by atoms with van der Waals surface area (Å²) in [6.45, 7) is 3.76. The Morgan fingerprint density at radius 3 is 2.67 bits per heavy atom. The minimum atomic E-state index is -1.03. The fourth-order valence-electron chi connectivity index (χ4n) is 1.69. The van der Waals surface area contributed by atoms with Gasteiger partial charge in [-0.05, 0) is 44.9 Å². The van der Waals surface area contributed by atoms with E-state index in [0.717, 1.165) is 0 Å². The van der Waals surface area contributed by atoms with Gasteiger partial charge in [0.2, 0.25) is 0 Å². The summed E-state index contributed by atoms with van der Waals surface area (Å²) in [5.41, 5.74) is -1.03. The van der Waals surface area contributed by atoms with Crippen LogP contribution in [0.1, 0.15) is 33.1 Å². The molecule has 0 bridgehead atoms. The first-order valence-electron chi connectivity index (χ1n) is 6.76. The highest BCUT2D eigenvalue weighted by Gasteiger charge is 2.29. The summed E-state index contributed by atoms with van der Waals surface area (Å²) in [4.78, 5) is 22.4. The Morgan fingerprint density at radius 2 is 2.05 bits per heavy atom. The highest BCUT2D eigenvalue weighted by Crippen LogP contribution is 2.22. The smallest absolute Gasteiger partial charge is 0.303 e. The van der Waals surface area contributed by atoms with Crippen LogP contribution in [0.5, 0.6) is 5.75 Å². The van der Waals surface area contributed by atoms with Gasteiger partial charge in [-0.3, -0.25) is 9.59 Å². The zero-order valence-corrected chi connectivity index (χ0v) is 12.9. The topological polar surface area (TPSA) is 75.6 Å². The maximum atomic E-state index is 12.1. The van der Waals surface area contributed by atoms with Crippen LogP contribution in [0.3, 0.4) is 0 Å². The molecule has 116 valence electrons. The van der Waals surface area contributed by atoms with Crippen LogP contribution in [0.15, 0.2) is 24.3 Å². The highest BCUT2D eigenvalue weighted by molar-refractivity contribution is 6.30. The Balaban J connectivity index is 2.42. The van der Waals surface area contributed by atoms with Crippen LogP contribution in [-0.4, -0.2) is 29.1 Å². The van der Waals surface area contributed by atoms with Crippen LogP contribution in [-0.2, 0) is 9.59 Å². The maximum Gasteiger partial charge on any atom is 0.303 e. The molecule has 0 aliphatic rings. The lowest BCUT2D eigenvalue weighted by molar-refractivity contribution is -0.137. The quantitative estimate of drug-likeness (QED) is 0.724. The summed E-state index contributed by atoms with van der Waals surface area (Å²) in [7, 11) is 0. The van der Waals surface area contributed by atoms with Crippen molar-refractivity contribution in [2.45, 2.75) is 38.7 Å². The van der Waals surface area contributed by atoms with Crippen LogP contribution in [0.25, 0.3) is 0 Å². The maximum absolute atomic E-state index is 12.1. The molecule has 1 aromatic rings. The van der Waals surface area contributed by atoms with Crippen molar-refractivity contribution in [3.63, 3.8) is 0 Å². The summed E-state index contributed by atoms with van der Waals surface area (Å²) < 4.78 is 5.65. The van der Waals surface area contributed by atoms with Gasteiger partial charge in [-0.1, -0.05) is 17.7 Å². The number of carboxylic acid groups (broad SMARTS) is 1. The van der Waals surface area contributed by atoms with Gasteiger partial charge < -0.3 is 15.2 Å². The molecule has 0 atom stereocenters. The van der Waals surface area contributed by atoms with Gasteiger partial charge in [0.25, 0.3) is 5.91 Å². The van der Waals surface area contributed by atoms with Crippen molar-refractivity contribution < 1.29 is 19.4 Å². The Kier molecular flexibility index (Phi) is 6.49. The Hall–Kier alpha value is -1.75. The number of nitrogens with one attached hydrogen (secondary N) is 1. The molecule has 0 aliphatic carbocycles. The molecule has 0 aromatic heterocycles. The zero-order chi connectivity index (χ0) is 15.9. The molecular weight excluding hydrogens is 294 g/mol. The van der Waals surface area contributed by atoms with Crippen LogP contribution in [0, 0.1) is 0 Å². The standard InChI is InChI=1S/C15H20ClNO4/c1-15(2,21-12-7-5-6-11(16)10-12)14(20)17-9-4-3-8-13(18)19/h5-7,10H,3-4,8-9H2,1-2H3,(H,17,20)(H,18,19). The lowest BCUT2D eigenvalue weighted by Crippen LogP contribution is -2.46. The first-order valence-corrected chi connectivity index (χ1v) is 7.14. The van der Waals surface area contributed by atoms with Gasteiger partial charge in [0.05, 0.1) is 0 Å². The SMILES string of the molecule is CC(C)(Oc1cccc(Cl)c1)C(=O)NCCCCC(=O)O. The largest absolute Gasteiger partial charge is 0.481 e. The van der Waals surface area contributed by atoms with Crippen molar-refractivity contribution in [3.05, 3.63) is 29.3 Å². The van der Waals surface area contributed by atoms with E-state index >= 15 is 0 Å². The fraction of sp³-hybridized carbons (Fsp3) is 0.467. The molecular formula is C15H20ClNO4. The van der Waals surface area contributed by atoms with Crippen molar-refractivity contribution in [2.75, 3.05) is 6.54 Å². The van der Waals surface area contributed by atoms with E-state index in [4.69, 9.17) is 21.4 Å². The van der Waals surface area contributed by atoms with E-state index in [2.05, 4.69) is 5.32 Å². The van der Waals surface area contributed by atoms with Crippen molar-refractivity contribution in [3.8, 4) is 5.75 Å². The number of carboxylic acids is 1. The number of unbranched alkanes of at least 4 members (excludes halogenated alkanes) is 1. The van der Waals surface area contributed by atoms with Gasteiger partial charge in [-0.2, -0.15) is 0 Å². The Labute approximate surface area is 129 Å². The first kappa shape index (κ1) is 17.3. The number of benzene rings is 1. The number of hydrogen-bond donors (Lipinski definition) is 2.